The molecule has 3 aliphatic rings. The molecule has 3 heteroatoms. The molecule has 1 N–H and O–H groups in total. The zero-order chi connectivity index (χ0) is 13.4. The van der Waals surface area contributed by atoms with Gasteiger partial charge in [-0.1, -0.05) is 6.92 Å². The van der Waals surface area contributed by atoms with Gasteiger partial charge in [0.1, 0.15) is 0 Å². The van der Waals surface area contributed by atoms with Gasteiger partial charge in [0.15, 0.2) is 0 Å². The highest BCUT2D eigenvalue weighted by molar-refractivity contribution is 4.98. The quantitative estimate of drug-likeness (QED) is 0.839. The maximum absolute atomic E-state index is 3.79. The van der Waals surface area contributed by atoms with Gasteiger partial charge >= 0.3 is 0 Å². The monoisotopic (exact) mass is 265 g/mol. The molecule has 3 saturated heterocycles. The number of hydrogen-bond acceptors (Lipinski definition) is 3. The van der Waals surface area contributed by atoms with Crippen LogP contribution in [-0.4, -0.2) is 60.1 Å². The van der Waals surface area contributed by atoms with Gasteiger partial charge in [0.2, 0.25) is 0 Å². The molecule has 3 nitrogen and oxygen atoms in total. The van der Waals surface area contributed by atoms with Crippen molar-refractivity contribution in [2.24, 2.45) is 0 Å². The van der Waals surface area contributed by atoms with Crippen molar-refractivity contribution in [3.63, 3.8) is 0 Å². The van der Waals surface area contributed by atoms with Crippen molar-refractivity contribution in [2.75, 3.05) is 20.1 Å². The summed E-state index contributed by atoms with van der Waals surface area (Å²) in [5, 5.41) is 3.79. The summed E-state index contributed by atoms with van der Waals surface area (Å²) in [5.74, 6) is 0. The first kappa shape index (κ1) is 13.8. The molecule has 0 radical (unpaired) electrons. The minimum absolute atomic E-state index is 0.766. The largest absolute Gasteiger partial charge is 0.311 e. The molecule has 3 rings (SSSR count). The normalized spacial score (nSPS) is 43.3. The minimum Gasteiger partial charge on any atom is -0.311 e. The number of piperidine rings is 1. The number of nitrogens with zero attached hydrogens (tertiary/aromatic N) is 2. The van der Waals surface area contributed by atoms with E-state index in [-0.39, 0.29) is 0 Å². The molecule has 0 spiro atoms. The molecule has 0 saturated carbocycles. The molecule has 0 aliphatic carbocycles. The lowest BCUT2D eigenvalue weighted by molar-refractivity contribution is 0.0968. The molecule has 0 aromatic heterocycles. The highest BCUT2D eigenvalue weighted by Crippen LogP contribution is 2.33. The second-order valence-electron chi connectivity index (χ2n) is 7.18. The van der Waals surface area contributed by atoms with Crippen molar-refractivity contribution in [3.05, 3.63) is 0 Å². The number of likely N-dealkylation sites (N-methyl/N-ethyl adjacent to an activating group) is 1. The summed E-state index contributed by atoms with van der Waals surface area (Å²) < 4.78 is 0. The molecular formula is C16H31N3. The Morgan fingerprint density at radius 1 is 1.11 bits per heavy atom. The Hall–Kier alpha value is -0.120. The van der Waals surface area contributed by atoms with E-state index in [2.05, 4.69) is 36.0 Å². The van der Waals surface area contributed by atoms with Gasteiger partial charge in [0, 0.05) is 36.8 Å². The van der Waals surface area contributed by atoms with Crippen molar-refractivity contribution in [2.45, 2.75) is 82.6 Å². The summed E-state index contributed by atoms with van der Waals surface area (Å²) >= 11 is 0. The van der Waals surface area contributed by atoms with Gasteiger partial charge in [-0.05, 0) is 59.0 Å². The molecule has 3 aliphatic heterocycles. The first-order valence-corrected chi connectivity index (χ1v) is 8.39. The van der Waals surface area contributed by atoms with E-state index in [1.807, 2.05) is 0 Å². The van der Waals surface area contributed by atoms with Gasteiger partial charge in [-0.25, -0.2) is 0 Å². The van der Waals surface area contributed by atoms with Crippen LogP contribution in [0.2, 0.25) is 0 Å². The van der Waals surface area contributed by atoms with E-state index in [0.717, 1.165) is 30.2 Å². The second-order valence-corrected chi connectivity index (χ2v) is 7.18. The predicted octanol–water partition coefficient (Wildman–Crippen LogP) is 2.07. The Bertz CT molecular complexity index is 284. The highest BCUT2D eigenvalue weighted by Gasteiger charge is 2.40. The van der Waals surface area contributed by atoms with Crippen molar-refractivity contribution in [3.8, 4) is 0 Å². The molecule has 19 heavy (non-hydrogen) atoms. The first-order valence-electron chi connectivity index (χ1n) is 8.39. The number of rotatable bonds is 4. The fourth-order valence-corrected chi connectivity index (χ4v) is 4.62. The Morgan fingerprint density at radius 3 is 2.32 bits per heavy atom. The second kappa shape index (κ2) is 5.71. The number of nitrogens with one attached hydrogen (secondary N) is 1. The molecular weight excluding hydrogens is 234 g/mol. The summed E-state index contributed by atoms with van der Waals surface area (Å²) in [7, 11) is 2.29. The lowest BCUT2D eigenvalue weighted by atomic mass is 9.95. The Labute approximate surface area is 118 Å². The molecule has 3 heterocycles. The zero-order valence-corrected chi connectivity index (χ0v) is 12.9. The van der Waals surface area contributed by atoms with Crippen LogP contribution in [0.4, 0.5) is 0 Å². The van der Waals surface area contributed by atoms with E-state index in [0.29, 0.717) is 0 Å². The molecule has 0 aromatic rings. The van der Waals surface area contributed by atoms with Gasteiger partial charge in [0.25, 0.3) is 0 Å². The van der Waals surface area contributed by atoms with Crippen molar-refractivity contribution in [1.29, 1.82) is 0 Å². The molecule has 2 bridgehead atoms. The van der Waals surface area contributed by atoms with Crippen LogP contribution < -0.4 is 5.32 Å². The van der Waals surface area contributed by atoms with Crippen LogP contribution in [0, 0.1) is 0 Å². The average molecular weight is 265 g/mol. The van der Waals surface area contributed by atoms with Crippen molar-refractivity contribution < 1.29 is 0 Å². The average Bonchev–Trinajstić information content (AvgIpc) is 2.89. The van der Waals surface area contributed by atoms with Crippen LogP contribution in [0.3, 0.4) is 0 Å². The van der Waals surface area contributed by atoms with Gasteiger partial charge < -0.3 is 10.2 Å². The molecule has 4 unspecified atom stereocenters. The van der Waals surface area contributed by atoms with Crippen LogP contribution in [0.5, 0.6) is 0 Å². The minimum atomic E-state index is 0.766. The Kier molecular flexibility index (Phi) is 4.16. The number of likely N-dealkylation sites (tertiary alicyclic amines) is 1. The summed E-state index contributed by atoms with van der Waals surface area (Å²) in [5.41, 5.74) is 0. The zero-order valence-electron chi connectivity index (χ0n) is 12.9. The third-order valence-corrected chi connectivity index (χ3v) is 5.73. The summed E-state index contributed by atoms with van der Waals surface area (Å²) in [6, 6.07) is 4.06. The van der Waals surface area contributed by atoms with Crippen LogP contribution >= 0.6 is 0 Å². The first-order chi connectivity index (χ1) is 9.17. The van der Waals surface area contributed by atoms with Gasteiger partial charge in [0.05, 0.1) is 0 Å². The van der Waals surface area contributed by atoms with E-state index in [1.54, 1.807) is 0 Å². The highest BCUT2D eigenvalue weighted by atomic mass is 15.3. The standard InChI is InChI=1S/C16H31N3/c1-4-7-19(16-8-12(2)18(3)11-16)15-9-13-5-6-14(10-15)17-13/h12-17H,4-11H2,1-3H3. The van der Waals surface area contributed by atoms with Crippen LogP contribution in [0.1, 0.15) is 52.4 Å². The molecule has 0 aromatic carbocycles. The maximum Gasteiger partial charge on any atom is 0.0240 e. The van der Waals surface area contributed by atoms with Crippen LogP contribution in [0.25, 0.3) is 0 Å². The van der Waals surface area contributed by atoms with Crippen molar-refractivity contribution in [1.82, 2.24) is 15.1 Å². The lowest BCUT2D eigenvalue weighted by Crippen LogP contribution is -2.52. The van der Waals surface area contributed by atoms with E-state index < -0.39 is 0 Å². The topological polar surface area (TPSA) is 18.5 Å². The maximum atomic E-state index is 3.79. The fraction of sp³-hybridized carbons (Fsp3) is 1.00. The SMILES string of the molecule is CCCN(C1CC2CCC(C1)N2)C1CC(C)N(C)C1. The summed E-state index contributed by atoms with van der Waals surface area (Å²) in [6.45, 7) is 7.30. The van der Waals surface area contributed by atoms with Crippen molar-refractivity contribution >= 4 is 0 Å². The summed E-state index contributed by atoms with van der Waals surface area (Å²) in [4.78, 5) is 5.43. The Morgan fingerprint density at radius 2 is 1.79 bits per heavy atom. The smallest absolute Gasteiger partial charge is 0.0240 e. The van der Waals surface area contributed by atoms with E-state index in [4.69, 9.17) is 0 Å². The van der Waals surface area contributed by atoms with Gasteiger partial charge in [-0.2, -0.15) is 0 Å². The van der Waals surface area contributed by atoms with E-state index in [9.17, 15) is 0 Å². The number of hydrogen-bond donors (Lipinski definition) is 1. The Balaban J connectivity index is 1.67. The van der Waals surface area contributed by atoms with Crippen LogP contribution in [0.15, 0.2) is 0 Å². The van der Waals surface area contributed by atoms with Crippen LogP contribution in [-0.2, 0) is 0 Å². The van der Waals surface area contributed by atoms with E-state index >= 15 is 0 Å². The molecule has 110 valence electrons. The predicted molar refractivity (Wildman–Crippen MR) is 80.5 cm³/mol. The third-order valence-electron chi connectivity index (χ3n) is 5.73. The fourth-order valence-electron chi connectivity index (χ4n) is 4.62. The summed E-state index contributed by atoms with van der Waals surface area (Å²) in [6.07, 6.45) is 8.30. The molecule has 3 fully saturated rings. The van der Waals surface area contributed by atoms with E-state index in [1.165, 1.54) is 51.6 Å². The molecule has 4 atom stereocenters. The van der Waals surface area contributed by atoms with Gasteiger partial charge in [-0.15, -0.1) is 0 Å². The molecule has 0 amide bonds. The third kappa shape index (κ3) is 2.84. The lowest BCUT2D eigenvalue weighted by Gasteiger charge is -2.41. The van der Waals surface area contributed by atoms with Gasteiger partial charge in [-0.3, -0.25) is 4.90 Å². The number of fused-ring (bicyclic) bond motifs is 2.